The number of hydrogen-bond acceptors (Lipinski definition) is 1. The summed E-state index contributed by atoms with van der Waals surface area (Å²) in [6.07, 6.45) is 0. The molecule has 19 heavy (non-hydrogen) atoms. The highest BCUT2D eigenvalue weighted by Crippen LogP contribution is 2.30. The van der Waals surface area contributed by atoms with Crippen molar-refractivity contribution < 1.29 is 13.2 Å². The lowest BCUT2D eigenvalue weighted by molar-refractivity contribution is 0.590. The SMILES string of the molecule is Fc1cc(F)c2nc(-c3c(F)cccc3Cl)[nH]c2c1. The zero-order valence-corrected chi connectivity index (χ0v) is 10.1. The highest BCUT2D eigenvalue weighted by Gasteiger charge is 2.16. The zero-order chi connectivity index (χ0) is 13.6. The summed E-state index contributed by atoms with van der Waals surface area (Å²) in [5, 5.41) is 0.139. The van der Waals surface area contributed by atoms with Crippen LogP contribution in [-0.4, -0.2) is 9.97 Å². The number of aromatic nitrogens is 2. The Hall–Kier alpha value is -2.01. The van der Waals surface area contributed by atoms with Crippen molar-refractivity contribution in [3.63, 3.8) is 0 Å². The Balaban J connectivity index is 2.30. The van der Waals surface area contributed by atoms with Crippen LogP contribution in [0.1, 0.15) is 0 Å². The summed E-state index contributed by atoms with van der Waals surface area (Å²) in [6, 6.07) is 5.96. The first-order valence-electron chi connectivity index (χ1n) is 5.35. The highest BCUT2D eigenvalue weighted by molar-refractivity contribution is 6.33. The number of rotatable bonds is 1. The zero-order valence-electron chi connectivity index (χ0n) is 9.35. The largest absolute Gasteiger partial charge is 0.338 e. The van der Waals surface area contributed by atoms with E-state index in [4.69, 9.17) is 11.6 Å². The molecule has 3 aromatic rings. The van der Waals surface area contributed by atoms with Crippen molar-refractivity contribution in [2.24, 2.45) is 0 Å². The van der Waals surface area contributed by atoms with E-state index in [9.17, 15) is 13.2 Å². The number of imidazole rings is 1. The van der Waals surface area contributed by atoms with Gasteiger partial charge in [-0.1, -0.05) is 17.7 Å². The molecule has 1 aromatic heterocycles. The fraction of sp³-hybridized carbons (Fsp3) is 0. The van der Waals surface area contributed by atoms with Crippen LogP contribution in [0, 0.1) is 17.5 Å². The summed E-state index contributed by atoms with van der Waals surface area (Å²) in [5.74, 6) is -2.08. The molecule has 0 fully saturated rings. The van der Waals surface area contributed by atoms with Gasteiger partial charge in [0.2, 0.25) is 0 Å². The van der Waals surface area contributed by atoms with Crippen LogP contribution >= 0.6 is 11.6 Å². The molecule has 0 aliphatic rings. The minimum absolute atomic E-state index is 0.0279. The average molecular weight is 283 g/mol. The van der Waals surface area contributed by atoms with E-state index in [1.807, 2.05) is 0 Å². The van der Waals surface area contributed by atoms with Crippen LogP contribution in [-0.2, 0) is 0 Å². The van der Waals surface area contributed by atoms with Gasteiger partial charge in [0.25, 0.3) is 0 Å². The fourth-order valence-electron chi connectivity index (χ4n) is 1.88. The van der Waals surface area contributed by atoms with Gasteiger partial charge < -0.3 is 4.98 Å². The predicted octanol–water partition coefficient (Wildman–Crippen LogP) is 4.30. The van der Waals surface area contributed by atoms with Crippen molar-refractivity contribution in [1.29, 1.82) is 0 Å². The van der Waals surface area contributed by atoms with Crippen molar-refractivity contribution in [3.8, 4) is 11.4 Å². The molecule has 0 saturated carbocycles. The smallest absolute Gasteiger partial charge is 0.153 e. The molecule has 2 nitrogen and oxygen atoms in total. The van der Waals surface area contributed by atoms with Crippen molar-refractivity contribution in [2.75, 3.05) is 0 Å². The van der Waals surface area contributed by atoms with Gasteiger partial charge in [0, 0.05) is 6.07 Å². The Labute approximate surface area is 110 Å². The number of nitrogens with zero attached hydrogens (tertiary/aromatic N) is 1. The highest BCUT2D eigenvalue weighted by atomic mass is 35.5. The third-order valence-corrected chi connectivity index (χ3v) is 3.02. The second-order valence-electron chi connectivity index (χ2n) is 3.97. The third-order valence-electron chi connectivity index (χ3n) is 2.70. The molecule has 6 heteroatoms. The van der Waals surface area contributed by atoms with Gasteiger partial charge in [0.05, 0.1) is 16.1 Å². The number of hydrogen-bond donors (Lipinski definition) is 1. The van der Waals surface area contributed by atoms with E-state index in [0.29, 0.717) is 0 Å². The van der Waals surface area contributed by atoms with Crippen molar-refractivity contribution >= 4 is 22.6 Å². The number of fused-ring (bicyclic) bond motifs is 1. The Kier molecular flexibility index (Phi) is 2.71. The Morgan fingerprint density at radius 3 is 2.58 bits per heavy atom. The standard InChI is InChI=1S/C13H6ClF3N2/c14-7-2-1-3-8(16)11(7)13-18-10-5-6(15)4-9(17)12(10)19-13/h1-5H,(H,18,19). The van der Waals surface area contributed by atoms with Gasteiger partial charge in [-0.25, -0.2) is 18.2 Å². The Morgan fingerprint density at radius 2 is 1.84 bits per heavy atom. The maximum absolute atomic E-state index is 13.7. The molecule has 1 N–H and O–H groups in total. The molecule has 0 amide bonds. The summed E-state index contributed by atoms with van der Waals surface area (Å²) in [4.78, 5) is 6.58. The minimum Gasteiger partial charge on any atom is -0.338 e. The maximum Gasteiger partial charge on any atom is 0.153 e. The van der Waals surface area contributed by atoms with Gasteiger partial charge in [-0.2, -0.15) is 0 Å². The van der Waals surface area contributed by atoms with E-state index in [0.717, 1.165) is 12.1 Å². The molecule has 2 aromatic carbocycles. The number of H-pyrrole nitrogens is 1. The summed E-state index contributed by atoms with van der Waals surface area (Å²) >= 11 is 5.89. The second kappa shape index (κ2) is 4.28. The molecule has 3 rings (SSSR count). The quantitative estimate of drug-likeness (QED) is 0.708. The molecule has 96 valence electrons. The van der Waals surface area contributed by atoms with Crippen LogP contribution in [0.4, 0.5) is 13.2 Å². The molecule has 0 aliphatic carbocycles. The molecule has 0 saturated heterocycles. The molecule has 0 spiro atoms. The fourth-order valence-corrected chi connectivity index (χ4v) is 2.14. The van der Waals surface area contributed by atoms with Gasteiger partial charge in [-0.05, 0) is 18.2 Å². The summed E-state index contributed by atoms with van der Waals surface area (Å²) in [7, 11) is 0. The second-order valence-corrected chi connectivity index (χ2v) is 4.37. The van der Waals surface area contributed by atoms with Crippen LogP contribution in [0.5, 0.6) is 0 Å². The number of benzene rings is 2. The van der Waals surface area contributed by atoms with E-state index < -0.39 is 17.5 Å². The lowest BCUT2D eigenvalue weighted by Gasteiger charge is -2.01. The molecule has 0 radical (unpaired) electrons. The topological polar surface area (TPSA) is 28.7 Å². The van der Waals surface area contributed by atoms with Crippen molar-refractivity contribution in [2.45, 2.75) is 0 Å². The van der Waals surface area contributed by atoms with E-state index in [1.165, 1.54) is 18.2 Å². The molecular weight excluding hydrogens is 277 g/mol. The lowest BCUT2D eigenvalue weighted by atomic mass is 10.2. The molecule has 1 heterocycles. The lowest BCUT2D eigenvalue weighted by Crippen LogP contribution is -1.87. The van der Waals surface area contributed by atoms with Crippen LogP contribution < -0.4 is 0 Å². The molecule has 0 atom stereocenters. The van der Waals surface area contributed by atoms with E-state index in [2.05, 4.69) is 9.97 Å². The Bertz CT molecular complexity index is 763. The monoisotopic (exact) mass is 282 g/mol. The van der Waals surface area contributed by atoms with Crippen molar-refractivity contribution in [1.82, 2.24) is 9.97 Å². The van der Waals surface area contributed by atoms with Crippen LogP contribution in [0.3, 0.4) is 0 Å². The molecule has 0 bridgehead atoms. The first-order valence-corrected chi connectivity index (χ1v) is 5.73. The van der Waals surface area contributed by atoms with Crippen molar-refractivity contribution in [3.05, 3.63) is 52.8 Å². The molecule has 0 aliphatic heterocycles. The number of aromatic amines is 1. The number of nitrogens with one attached hydrogen (secondary N) is 1. The maximum atomic E-state index is 13.7. The van der Waals surface area contributed by atoms with E-state index in [1.54, 1.807) is 0 Å². The normalized spacial score (nSPS) is 11.2. The summed E-state index contributed by atoms with van der Waals surface area (Å²) in [6.45, 7) is 0. The Morgan fingerprint density at radius 1 is 1.05 bits per heavy atom. The van der Waals surface area contributed by atoms with Gasteiger partial charge >= 0.3 is 0 Å². The van der Waals surface area contributed by atoms with Gasteiger partial charge in [0.15, 0.2) is 5.82 Å². The average Bonchev–Trinajstić information content (AvgIpc) is 2.72. The molecular formula is C13H6ClF3N2. The van der Waals surface area contributed by atoms with E-state index in [-0.39, 0.29) is 27.4 Å². The van der Waals surface area contributed by atoms with E-state index >= 15 is 0 Å². The van der Waals surface area contributed by atoms with Crippen LogP contribution in [0.2, 0.25) is 5.02 Å². The van der Waals surface area contributed by atoms with Gasteiger partial charge in [0.1, 0.15) is 23.0 Å². The summed E-state index contributed by atoms with van der Waals surface area (Å²) < 4.78 is 40.3. The summed E-state index contributed by atoms with van der Waals surface area (Å²) in [5.41, 5.74) is 0.114. The minimum atomic E-state index is -0.815. The first kappa shape index (κ1) is 12.0. The number of halogens is 4. The van der Waals surface area contributed by atoms with Crippen LogP contribution in [0.15, 0.2) is 30.3 Å². The first-order chi connectivity index (χ1) is 9.06. The predicted molar refractivity (Wildman–Crippen MR) is 66.4 cm³/mol. The van der Waals surface area contributed by atoms with Gasteiger partial charge in [-0.15, -0.1) is 0 Å². The van der Waals surface area contributed by atoms with Gasteiger partial charge in [-0.3, -0.25) is 0 Å². The third kappa shape index (κ3) is 1.96. The molecule has 0 unspecified atom stereocenters. The van der Waals surface area contributed by atoms with Crippen LogP contribution in [0.25, 0.3) is 22.4 Å².